The van der Waals surface area contributed by atoms with Gasteiger partial charge in [-0.1, -0.05) is 13.8 Å². The van der Waals surface area contributed by atoms with Crippen molar-refractivity contribution in [1.29, 1.82) is 0 Å². The normalized spacial score (nSPS) is 15.4. The number of aromatic nitrogens is 3. The van der Waals surface area contributed by atoms with E-state index >= 15 is 0 Å². The number of amides is 1. The molecule has 0 bridgehead atoms. The first kappa shape index (κ1) is 24.6. The van der Waals surface area contributed by atoms with Crippen LogP contribution < -0.4 is 10.6 Å². The Hall–Kier alpha value is -1.39. The van der Waals surface area contributed by atoms with Crippen LogP contribution in [0, 0.1) is 5.92 Å². The molecule has 0 unspecified atom stereocenters. The van der Waals surface area contributed by atoms with Gasteiger partial charge in [0.1, 0.15) is 12.7 Å². The van der Waals surface area contributed by atoms with Crippen molar-refractivity contribution in [3.8, 4) is 0 Å². The largest absolute Gasteiger partial charge is 0.356 e. The Morgan fingerprint density at radius 3 is 2.39 bits per heavy atom. The van der Waals surface area contributed by atoms with Gasteiger partial charge in [0.2, 0.25) is 5.91 Å². The van der Waals surface area contributed by atoms with Crippen LogP contribution in [0.15, 0.2) is 17.6 Å². The quantitative estimate of drug-likeness (QED) is 0.233. The van der Waals surface area contributed by atoms with Gasteiger partial charge in [-0.15, -0.1) is 34.2 Å². The summed E-state index contributed by atoms with van der Waals surface area (Å²) in [5.74, 6) is 1.36. The Morgan fingerprint density at radius 2 is 1.82 bits per heavy atom. The summed E-state index contributed by atoms with van der Waals surface area (Å²) in [5.41, 5.74) is 0. The van der Waals surface area contributed by atoms with E-state index in [0.717, 1.165) is 70.7 Å². The van der Waals surface area contributed by atoms with Gasteiger partial charge < -0.3 is 20.1 Å². The summed E-state index contributed by atoms with van der Waals surface area (Å²) < 4.78 is 1.99. The maximum absolute atomic E-state index is 12.5. The molecule has 2 N–H and O–H groups in total. The topological polar surface area (TPSA) is 87.4 Å². The van der Waals surface area contributed by atoms with Crippen LogP contribution in [0.3, 0.4) is 0 Å². The second-order valence-electron chi connectivity index (χ2n) is 7.16. The lowest BCUT2D eigenvalue weighted by Crippen LogP contribution is -2.50. The predicted molar refractivity (Wildman–Crippen MR) is 123 cm³/mol. The van der Waals surface area contributed by atoms with Gasteiger partial charge in [-0.3, -0.25) is 9.79 Å². The van der Waals surface area contributed by atoms with Crippen LogP contribution in [-0.2, 0) is 11.3 Å². The van der Waals surface area contributed by atoms with Crippen LogP contribution >= 0.6 is 24.0 Å². The van der Waals surface area contributed by atoms with E-state index in [1.165, 1.54) is 0 Å². The van der Waals surface area contributed by atoms with E-state index in [1.54, 1.807) is 19.7 Å². The summed E-state index contributed by atoms with van der Waals surface area (Å²) in [6, 6.07) is 0.374. The lowest BCUT2D eigenvalue weighted by Gasteiger charge is -2.34. The highest BCUT2D eigenvalue weighted by molar-refractivity contribution is 14.0. The van der Waals surface area contributed by atoms with Crippen molar-refractivity contribution in [2.24, 2.45) is 10.9 Å². The molecule has 1 aromatic heterocycles. The van der Waals surface area contributed by atoms with Crippen LogP contribution in [0.1, 0.15) is 52.4 Å². The van der Waals surface area contributed by atoms with Crippen LogP contribution in [0.2, 0.25) is 0 Å². The Balaban J connectivity index is 0.00000392. The number of aryl methyl sites for hydroxylation is 1. The molecule has 8 nitrogen and oxygen atoms in total. The number of carbonyl (C=O) groups is 1. The fraction of sp³-hybridized carbons (Fsp3) is 0.789. The molecule has 1 aliphatic rings. The zero-order valence-corrected chi connectivity index (χ0v) is 19.8. The molecule has 9 heteroatoms. The number of hydrogen-bond acceptors (Lipinski definition) is 4. The molecule has 28 heavy (non-hydrogen) atoms. The number of hydrogen-bond donors (Lipinski definition) is 2. The minimum absolute atomic E-state index is 0. The number of nitrogens with one attached hydrogen (secondary N) is 2. The van der Waals surface area contributed by atoms with Crippen molar-refractivity contribution >= 4 is 35.8 Å². The molecule has 2 heterocycles. The second kappa shape index (κ2) is 13.7. The van der Waals surface area contributed by atoms with Crippen molar-refractivity contribution in [2.75, 3.05) is 26.7 Å². The molecule has 1 saturated heterocycles. The number of guanidine groups is 1. The molecule has 0 aromatic carbocycles. The van der Waals surface area contributed by atoms with Crippen molar-refractivity contribution in [3.05, 3.63) is 12.7 Å². The highest BCUT2D eigenvalue weighted by Gasteiger charge is 2.26. The van der Waals surface area contributed by atoms with Gasteiger partial charge in [-0.05, 0) is 38.5 Å². The first-order valence-corrected chi connectivity index (χ1v) is 10.3. The molecule has 0 radical (unpaired) electrons. The van der Waals surface area contributed by atoms with Crippen LogP contribution in [0.25, 0.3) is 0 Å². The number of aliphatic imine (C=N–C) groups is 1. The first-order valence-electron chi connectivity index (χ1n) is 10.3. The van der Waals surface area contributed by atoms with Gasteiger partial charge in [-0.2, -0.15) is 0 Å². The van der Waals surface area contributed by atoms with E-state index in [0.29, 0.717) is 11.9 Å². The van der Waals surface area contributed by atoms with Crippen molar-refractivity contribution in [2.45, 2.75) is 65.0 Å². The summed E-state index contributed by atoms with van der Waals surface area (Å²) in [4.78, 5) is 18.9. The Bertz CT molecular complexity index is 567. The molecule has 1 aromatic rings. The highest BCUT2D eigenvalue weighted by atomic mass is 127. The third-order valence-electron chi connectivity index (χ3n) is 5.31. The summed E-state index contributed by atoms with van der Waals surface area (Å²) in [6.45, 7) is 7.69. The number of likely N-dealkylation sites (tertiary alicyclic amines) is 1. The number of unbranched alkanes of at least 4 members (excludes halogenated alkanes) is 1. The molecular formula is C19H36IN7O. The maximum Gasteiger partial charge on any atom is 0.225 e. The minimum Gasteiger partial charge on any atom is -0.356 e. The van der Waals surface area contributed by atoms with Gasteiger partial charge in [0.25, 0.3) is 0 Å². The number of piperidine rings is 1. The Morgan fingerprint density at radius 1 is 1.18 bits per heavy atom. The Labute approximate surface area is 186 Å². The monoisotopic (exact) mass is 505 g/mol. The highest BCUT2D eigenvalue weighted by Crippen LogP contribution is 2.17. The van der Waals surface area contributed by atoms with Crippen molar-refractivity contribution < 1.29 is 4.79 Å². The Kier molecular flexibility index (Phi) is 12.1. The predicted octanol–water partition coefficient (Wildman–Crippen LogP) is 2.27. The van der Waals surface area contributed by atoms with E-state index < -0.39 is 0 Å². The fourth-order valence-electron chi connectivity index (χ4n) is 3.49. The van der Waals surface area contributed by atoms with Gasteiger partial charge in [0.05, 0.1) is 0 Å². The average molecular weight is 505 g/mol. The van der Waals surface area contributed by atoms with Gasteiger partial charge in [-0.25, -0.2) is 0 Å². The summed E-state index contributed by atoms with van der Waals surface area (Å²) in [6.07, 6.45) is 9.42. The molecular weight excluding hydrogens is 469 g/mol. The SMILES string of the molecule is CCC(CC)C(=O)N1CCC(NC(=NC)NCCCCn2cnnc2)CC1.I. The van der Waals surface area contributed by atoms with Crippen LogP contribution in [0.5, 0.6) is 0 Å². The van der Waals surface area contributed by atoms with Gasteiger partial charge in [0.15, 0.2) is 5.96 Å². The molecule has 160 valence electrons. The van der Waals surface area contributed by atoms with E-state index in [4.69, 9.17) is 0 Å². The number of carbonyl (C=O) groups excluding carboxylic acids is 1. The summed E-state index contributed by atoms with van der Waals surface area (Å²) in [5, 5.41) is 14.5. The van der Waals surface area contributed by atoms with Crippen molar-refractivity contribution in [3.63, 3.8) is 0 Å². The third kappa shape index (κ3) is 7.92. The van der Waals surface area contributed by atoms with Crippen LogP contribution in [-0.4, -0.2) is 64.3 Å². The second-order valence-corrected chi connectivity index (χ2v) is 7.16. The third-order valence-corrected chi connectivity index (χ3v) is 5.31. The summed E-state index contributed by atoms with van der Waals surface area (Å²) >= 11 is 0. The van der Waals surface area contributed by atoms with Gasteiger partial charge >= 0.3 is 0 Å². The standard InChI is InChI=1S/C19H35N7O.HI/c1-4-16(5-2)18(27)26-12-8-17(9-13-26)24-19(20-3)21-10-6-7-11-25-14-22-23-15-25;/h14-17H,4-13H2,1-3H3,(H2,20,21,24);1H. The minimum atomic E-state index is 0. The fourth-order valence-corrected chi connectivity index (χ4v) is 3.49. The molecule has 1 aliphatic heterocycles. The lowest BCUT2D eigenvalue weighted by atomic mass is 9.98. The van der Waals surface area contributed by atoms with Gasteiger partial charge in [0, 0.05) is 45.2 Å². The molecule has 0 aliphatic carbocycles. The van der Waals surface area contributed by atoms with E-state index in [1.807, 2.05) is 9.47 Å². The summed E-state index contributed by atoms with van der Waals surface area (Å²) in [7, 11) is 1.80. The molecule has 1 amide bonds. The van der Waals surface area contributed by atoms with E-state index in [9.17, 15) is 4.79 Å². The molecule has 0 atom stereocenters. The van der Waals surface area contributed by atoms with Crippen LogP contribution in [0.4, 0.5) is 0 Å². The number of nitrogens with zero attached hydrogens (tertiary/aromatic N) is 5. The average Bonchev–Trinajstić information content (AvgIpc) is 3.21. The molecule has 0 saturated carbocycles. The smallest absolute Gasteiger partial charge is 0.225 e. The molecule has 1 fully saturated rings. The lowest BCUT2D eigenvalue weighted by molar-refractivity contribution is -0.136. The molecule has 0 spiro atoms. The van der Waals surface area contributed by atoms with E-state index in [2.05, 4.69) is 39.7 Å². The first-order chi connectivity index (χ1) is 13.2. The number of rotatable bonds is 9. The maximum atomic E-state index is 12.5. The zero-order chi connectivity index (χ0) is 19.5. The van der Waals surface area contributed by atoms with E-state index in [-0.39, 0.29) is 29.9 Å². The zero-order valence-electron chi connectivity index (χ0n) is 17.4. The number of halogens is 1. The van der Waals surface area contributed by atoms with Crippen molar-refractivity contribution in [1.82, 2.24) is 30.3 Å². The molecule has 2 rings (SSSR count).